The van der Waals surface area contributed by atoms with Crippen LogP contribution in [0.25, 0.3) is 0 Å². The van der Waals surface area contributed by atoms with Crippen molar-refractivity contribution < 1.29 is 23.7 Å². The van der Waals surface area contributed by atoms with Crippen LogP contribution in [-0.2, 0) is 9.47 Å². The molecule has 2 fully saturated rings. The maximum atomic E-state index is 11.0. The molecule has 120 valence electrons. The molecule has 0 unspecified atom stereocenters. The zero-order valence-corrected chi connectivity index (χ0v) is 12.7. The van der Waals surface area contributed by atoms with Gasteiger partial charge in [-0.1, -0.05) is 0 Å². The van der Waals surface area contributed by atoms with Gasteiger partial charge >= 0.3 is 0 Å². The lowest BCUT2D eigenvalue weighted by Crippen LogP contribution is -2.27. The molecule has 2 heterocycles. The summed E-state index contributed by atoms with van der Waals surface area (Å²) in [6.45, 7) is 1.43. The first-order valence-corrected chi connectivity index (χ1v) is 8.01. The predicted octanol–water partition coefficient (Wildman–Crippen LogP) is 3.31. The van der Waals surface area contributed by atoms with Gasteiger partial charge in [0.25, 0.3) is 0 Å². The number of aldehydes is 1. The van der Waals surface area contributed by atoms with Crippen molar-refractivity contribution in [1.29, 1.82) is 0 Å². The van der Waals surface area contributed by atoms with E-state index >= 15 is 0 Å². The van der Waals surface area contributed by atoms with Crippen LogP contribution in [0.15, 0.2) is 18.2 Å². The maximum absolute atomic E-state index is 11.0. The van der Waals surface area contributed by atoms with Gasteiger partial charge in [0.05, 0.1) is 13.2 Å². The minimum absolute atomic E-state index is 0.245. The molecule has 22 heavy (non-hydrogen) atoms. The van der Waals surface area contributed by atoms with Gasteiger partial charge in [0.1, 0.15) is 6.29 Å². The predicted molar refractivity (Wildman–Crippen MR) is 80.3 cm³/mol. The highest BCUT2D eigenvalue weighted by Gasteiger charge is 2.21. The highest BCUT2D eigenvalue weighted by molar-refractivity contribution is 5.76. The number of carbonyl (C=O) groups is 1. The van der Waals surface area contributed by atoms with Crippen molar-refractivity contribution in [2.45, 2.75) is 51.1 Å². The second-order valence-corrected chi connectivity index (χ2v) is 5.65. The first kappa shape index (κ1) is 15.3. The number of hydrogen-bond donors (Lipinski definition) is 0. The third-order valence-electron chi connectivity index (χ3n) is 3.90. The van der Waals surface area contributed by atoms with Crippen molar-refractivity contribution in [3.63, 3.8) is 0 Å². The Morgan fingerprint density at radius 1 is 0.909 bits per heavy atom. The van der Waals surface area contributed by atoms with E-state index in [2.05, 4.69) is 0 Å². The van der Waals surface area contributed by atoms with Crippen LogP contribution < -0.4 is 9.47 Å². The van der Waals surface area contributed by atoms with Crippen LogP contribution in [0.5, 0.6) is 11.5 Å². The molecular formula is C17H22O5. The number of carbonyl (C=O) groups excluding carboxylic acids is 1. The number of ether oxygens (including phenoxy) is 4. The molecule has 0 saturated carbocycles. The fraction of sp³-hybridized carbons (Fsp3) is 0.588. The number of hydrogen-bond acceptors (Lipinski definition) is 5. The summed E-state index contributed by atoms with van der Waals surface area (Å²) in [7, 11) is 0. The van der Waals surface area contributed by atoms with Gasteiger partial charge in [-0.2, -0.15) is 0 Å². The Kier molecular flexibility index (Phi) is 5.29. The summed E-state index contributed by atoms with van der Waals surface area (Å²) in [5.41, 5.74) is 0.558. The Hall–Kier alpha value is -1.59. The normalized spacial score (nSPS) is 25.5. The fourth-order valence-corrected chi connectivity index (χ4v) is 2.68. The molecule has 5 nitrogen and oxygen atoms in total. The first-order chi connectivity index (χ1) is 10.8. The number of benzene rings is 1. The molecule has 0 N–H and O–H groups in total. The second kappa shape index (κ2) is 7.61. The molecule has 0 aromatic heterocycles. The molecule has 2 atom stereocenters. The van der Waals surface area contributed by atoms with E-state index in [9.17, 15) is 4.79 Å². The summed E-state index contributed by atoms with van der Waals surface area (Å²) in [5.74, 6) is 1.15. The minimum Gasteiger partial charge on any atom is -0.461 e. The summed E-state index contributed by atoms with van der Waals surface area (Å²) in [5, 5.41) is 0. The topological polar surface area (TPSA) is 54.0 Å². The van der Waals surface area contributed by atoms with Crippen LogP contribution in [0.4, 0.5) is 0 Å². The molecule has 1 aromatic rings. The van der Waals surface area contributed by atoms with Crippen LogP contribution in [0, 0.1) is 0 Å². The van der Waals surface area contributed by atoms with E-state index in [1.54, 1.807) is 18.2 Å². The fourth-order valence-electron chi connectivity index (χ4n) is 2.68. The highest BCUT2D eigenvalue weighted by Crippen LogP contribution is 2.32. The molecule has 2 saturated heterocycles. The van der Waals surface area contributed by atoms with Crippen molar-refractivity contribution in [2.24, 2.45) is 0 Å². The maximum Gasteiger partial charge on any atom is 0.200 e. The van der Waals surface area contributed by atoms with E-state index in [4.69, 9.17) is 18.9 Å². The van der Waals surface area contributed by atoms with Crippen LogP contribution in [0.1, 0.15) is 48.9 Å². The van der Waals surface area contributed by atoms with Gasteiger partial charge in [0.15, 0.2) is 24.1 Å². The smallest absolute Gasteiger partial charge is 0.200 e. The summed E-state index contributed by atoms with van der Waals surface area (Å²) in [6, 6.07) is 5.18. The first-order valence-electron chi connectivity index (χ1n) is 8.01. The molecule has 2 aliphatic rings. The summed E-state index contributed by atoms with van der Waals surface area (Å²) in [6.07, 6.45) is 6.32. The van der Waals surface area contributed by atoms with E-state index in [1.807, 2.05) is 0 Å². The zero-order chi connectivity index (χ0) is 15.2. The molecule has 0 spiro atoms. The van der Waals surface area contributed by atoms with E-state index in [0.717, 1.165) is 51.4 Å². The third-order valence-corrected chi connectivity index (χ3v) is 3.90. The van der Waals surface area contributed by atoms with Crippen molar-refractivity contribution in [2.75, 3.05) is 13.2 Å². The van der Waals surface area contributed by atoms with Crippen molar-refractivity contribution in [3.05, 3.63) is 23.8 Å². The van der Waals surface area contributed by atoms with Gasteiger partial charge in [-0.25, -0.2) is 0 Å². The summed E-state index contributed by atoms with van der Waals surface area (Å²) < 4.78 is 23.0. The van der Waals surface area contributed by atoms with Crippen LogP contribution in [-0.4, -0.2) is 32.1 Å². The monoisotopic (exact) mass is 306 g/mol. The largest absolute Gasteiger partial charge is 0.461 e. The molecule has 0 radical (unpaired) electrons. The minimum atomic E-state index is -0.273. The van der Waals surface area contributed by atoms with Gasteiger partial charge in [0.2, 0.25) is 0 Å². The Bertz CT molecular complexity index is 490. The lowest BCUT2D eigenvalue weighted by Gasteiger charge is -2.27. The lowest BCUT2D eigenvalue weighted by atomic mass is 10.2. The average molecular weight is 306 g/mol. The molecular weight excluding hydrogens is 284 g/mol. The average Bonchev–Trinajstić information content (AvgIpc) is 2.58. The van der Waals surface area contributed by atoms with E-state index < -0.39 is 0 Å². The van der Waals surface area contributed by atoms with E-state index in [0.29, 0.717) is 23.7 Å². The van der Waals surface area contributed by atoms with Crippen LogP contribution in [0.3, 0.4) is 0 Å². The van der Waals surface area contributed by atoms with Crippen LogP contribution >= 0.6 is 0 Å². The molecule has 0 amide bonds. The SMILES string of the molecule is O=Cc1ccc(O[C@@H]2CCCCO2)c(O[C@@H]2CCCCO2)c1. The van der Waals surface area contributed by atoms with Crippen LogP contribution in [0.2, 0.25) is 0 Å². The standard InChI is InChI=1S/C17H22O5/c18-12-13-7-8-14(21-16-5-1-3-9-19-16)15(11-13)22-17-6-2-4-10-20-17/h7-8,11-12,16-17H,1-6,9-10H2/t16-,17-/m1/s1. The van der Waals surface area contributed by atoms with Gasteiger partial charge in [-0.05, 0) is 43.9 Å². The Labute approximate surface area is 130 Å². The summed E-state index contributed by atoms with van der Waals surface area (Å²) in [4.78, 5) is 11.0. The Balaban J connectivity index is 1.73. The molecule has 5 heteroatoms. The summed E-state index contributed by atoms with van der Waals surface area (Å²) >= 11 is 0. The molecule has 1 aromatic carbocycles. The third kappa shape index (κ3) is 3.99. The Morgan fingerprint density at radius 2 is 1.55 bits per heavy atom. The van der Waals surface area contributed by atoms with Gasteiger partial charge in [0, 0.05) is 18.4 Å². The van der Waals surface area contributed by atoms with Gasteiger partial charge in [-0.15, -0.1) is 0 Å². The highest BCUT2D eigenvalue weighted by atomic mass is 16.7. The van der Waals surface area contributed by atoms with Crippen molar-refractivity contribution >= 4 is 6.29 Å². The molecule has 0 bridgehead atoms. The van der Waals surface area contributed by atoms with E-state index in [-0.39, 0.29) is 12.6 Å². The van der Waals surface area contributed by atoms with E-state index in [1.165, 1.54) is 0 Å². The quantitative estimate of drug-likeness (QED) is 0.781. The molecule has 2 aliphatic heterocycles. The van der Waals surface area contributed by atoms with Crippen molar-refractivity contribution in [3.8, 4) is 11.5 Å². The van der Waals surface area contributed by atoms with Gasteiger partial charge in [-0.3, -0.25) is 4.79 Å². The lowest BCUT2D eigenvalue weighted by molar-refractivity contribution is -0.119. The Morgan fingerprint density at radius 3 is 2.09 bits per heavy atom. The van der Waals surface area contributed by atoms with Gasteiger partial charge < -0.3 is 18.9 Å². The van der Waals surface area contributed by atoms with Crippen molar-refractivity contribution in [1.82, 2.24) is 0 Å². The molecule has 3 rings (SSSR count). The molecule has 0 aliphatic carbocycles. The second-order valence-electron chi connectivity index (χ2n) is 5.65. The zero-order valence-electron chi connectivity index (χ0n) is 12.7. The number of rotatable bonds is 5.